The van der Waals surface area contributed by atoms with Gasteiger partial charge in [0.25, 0.3) is 15.9 Å². The number of rotatable bonds is 6. The third kappa shape index (κ3) is 3.96. The largest absolute Gasteiger partial charge is 0.495 e. The molecule has 0 atom stereocenters. The molecule has 0 saturated carbocycles. The molecular weight excluding hydrogens is 392 g/mol. The first-order valence-corrected chi connectivity index (χ1v) is 10.2. The van der Waals surface area contributed by atoms with Gasteiger partial charge in [0.1, 0.15) is 16.4 Å². The van der Waals surface area contributed by atoms with E-state index in [4.69, 9.17) is 21.1 Å². The Morgan fingerprint density at radius 2 is 2.04 bits per heavy atom. The molecule has 1 N–H and O–H groups in total. The van der Waals surface area contributed by atoms with Crippen LogP contribution in [0.15, 0.2) is 41.3 Å². The molecular formula is C18H19ClN2O5S. The Morgan fingerprint density at radius 1 is 1.26 bits per heavy atom. The van der Waals surface area contributed by atoms with E-state index in [9.17, 15) is 13.2 Å². The smallest absolute Gasteiger partial charge is 0.265 e. The number of ether oxygens (including phenoxy) is 2. The lowest BCUT2D eigenvalue weighted by Gasteiger charge is -2.29. The highest BCUT2D eigenvalue weighted by Gasteiger charge is 2.26. The van der Waals surface area contributed by atoms with Crippen molar-refractivity contribution in [2.24, 2.45) is 0 Å². The first kappa shape index (κ1) is 19.3. The monoisotopic (exact) mass is 410 g/mol. The number of sulfonamides is 1. The number of benzene rings is 2. The minimum atomic E-state index is -3.95. The van der Waals surface area contributed by atoms with Gasteiger partial charge in [0.2, 0.25) is 0 Å². The number of carbonyl (C=O) groups excluding carboxylic acids is 1. The molecule has 7 nitrogen and oxygen atoms in total. The Balaban J connectivity index is 1.97. The molecule has 0 unspecified atom stereocenters. The first-order chi connectivity index (χ1) is 12.9. The fourth-order valence-corrected chi connectivity index (χ4v) is 4.29. The lowest BCUT2D eigenvalue weighted by atomic mass is 10.2. The molecule has 0 spiro atoms. The number of methoxy groups -OCH3 is 1. The average molecular weight is 411 g/mol. The van der Waals surface area contributed by atoms with Gasteiger partial charge in [-0.25, -0.2) is 8.42 Å². The number of fused-ring (bicyclic) bond motifs is 1. The summed E-state index contributed by atoms with van der Waals surface area (Å²) in [5.74, 6) is 0.545. The number of amides is 1. The molecule has 0 saturated heterocycles. The molecule has 1 aliphatic heterocycles. The van der Waals surface area contributed by atoms with Gasteiger partial charge < -0.3 is 14.4 Å². The van der Waals surface area contributed by atoms with E-state index in [1.807, 2.05) is 6.92 Å². The molecule has 2 aromatic rings. The second-order valence-corrected chi connectivity index (χ2v) is 8.00. The van der Waals surface area contributed by atoms with Crippen molar-refractivity contribution in [1.29, 1.82) is 0 Å². The number of halogens is 1. The van der Waals surface area contributed by atoms with Crippen molar-refractivity contribution in [2.45, 2.75) is 18.2 Å². The summed E-state index contributed by atoms with van der Waals surface area (Å²) in [7, 11) is -2.57. The van der Waals surface area contributed by atoms with E-state index < -0.39 is 10.0 Å². The highest BCUT2D eigenvalue weighted by atomic mass is 35.5. The quantitative estimate of drug-likeness (QED) is 0.789. The van der Waals surface area contributed by atoms with Crippen molar-refractivity contribution in [3.05, 3.63) is 41.4 Å². The van der Waals surface area contributed by atoms with E-state index in [1.54, 1.807) is 29.2 Å². The van der Waals surface area contributed by atoms with Crippen molar-refractivity contribution in [1.82, 2.24) is 0 Å². The van der Waals surface area contributed by atoms with Crippen LogP contribution in [0.25, 0.3) is 0 Å². The van der Waals surface area contributed by atoms with Gasteiger partial charge in [0.05, 0.1) is 18.5 Å². The summed E-state index contributed by atoms with van der Waals surface area (Å²) >= 11 is 5.94. The molecule has 1 amide bonds. The van der Waals surface area contributed by atoms with Crippen molar-refractivity contribution < 1.29 is 22.7 Å². The van der Waals surface area contributed by atoms with E-state index >= 15 is 0 Å². The van der Waals surface area contributed by atoms with E-state index in [1.165, 1.54) is 19.2 Å². The zero-order chi connectivity index (χ0) is 19.6. The molecule has 1 aliphatic rings. The predicted molar refractivity (Wildman–Crippen MR) is 103 cm³/mol. The van der Waals surface area contributed by atoms with Gasteiger partial charge in [-0.1, -0.05) is 18.5 Å². The maximum Gasteiger partial charge on any atom is 0.265 e. The molecule has 2 aromatic carbocycles. The summed E-state index contributed by atoms with van der Waals surface area (Å²) in [5, 5.41) is 0.273. The fourth-order valence-electron chi connectivity index (χ4n) is 2.81. The summed E-state index contributed by atoms with van der Waals surface area (Å²) < 4.78 is 38.7. The van der Waals surface area contributed by atoms with E-state index in [0.29, 0.717) is 23.7 Å². The molecule has 0 fully saturated rings. The van der Waals surface area contributed by atoms with Crippen LogP contribution >= 0.6 is 11.6 Å². The van der Waals surface area contributed by atoms with Crippen LogP contribution in [-0.4, -0.2) is 34.6 Å². The van der Waals surface area contributed by atoms with Gasteiger partial charge in [-0.15, -0.1) is 0 Å². The van der Waals surface area contributed by atoms with E-state index in [-0.39, 0.29) is 28.2 Å². The molecule has 3 rings (SSSR count). The Bertz CT molecular complexity index is 978. The molecule has 0 radical (unpaired) electrons. The fraction of sp³-hybridized carbons (Fsp3) is 0.278. The highest BCUT2D eigenvalue weighted by molar-refractivity contribution is 7.92. The second kappa shape index (κ2) is 7.66. The summed E-state index contributed by atoms with van der Waals surface area (Å²) in [4.78, 5) is 13.6. The summed E-state index contributed by atoms with van der Waals surface area (Å²) in [5.41, 5.74) is 0.835. The topological polar surface area (TPSA) is 84.9 Å². The Kier molecular flexibility index (Phi) is 5.48. The van der Waals surface area contributed by atoms with Crippen molar-refractivity contribution in [2.75, 3.05) is 29.9 Å². The number of nitrogens with zero attached hydrogens (tertiary/aromatic N) is 1. The van der Waals surface area contributed by atoms with Crippen LogP contribution in [0.2, 0.25) is 5.02 Å². The van der Waals surface area contributed by atoms with Crippen LogP contribution in [0.1, 0.15) is 13.3 Å². The van der Waals surface area contributed by atoms with Crippen LogP contribution in [0.3, 0.4) is 0 Å². The molecule has 27 heavy (non-hydrogen) atoms. The van der Waals surface area contributed by atoms with Gasteiger partial charge in [-0.2, -0.15) is 0 Å². The van der Waals surface area contributed by atoms with Crippen LogP contribution in [0.4, 0.5) is 11.4 Å². The number of anilines is 2. The molecule has 1 heterocycles. The van der Waals surface area contributed by atoms with Crippen LogP contribution in [-0.2, 0) is 14.8 Å². The zero-order valence-electron chi connectivity index (χ0n) is 14.9. The Labute approximate surface area is 162 Å². The zero-order valence-corrected chi connectivity index (χ0v) is 16.4. The Hall–Kier alpha value is -2.45. The van der Waals surface area contributed by atoms with Crippen molar-refractivity contribution in [3.8, 4) is 11.5 Å². The molecule has 0 aliphatic carbocycles. The summed E-state index contributed by atoms with van der Waals surface area (Å²) in [6, 6.07) is 9.14. The number of hydrogen-bond acceptors (Lipinski definition) is 5. The van der Waals surface area contributed by atoms with Gasteiger partial charge in [0.15, 0.2) is 6.61 Å². The normalized spacial score (nSPS) is 13.7. The minimum absolute atomic E-state index is 0.0300. The minimum Gasteiger partial charge on any atom is -0.495 e. The maximum absolute atomic E-state index is 12.8. The van der Waals surface area contributed by atoms with Crippen molar-refractivity contribution in [3.63, 3.8) is 0 Å². The van der Waals surface area contributed by atoms with Gasteiger partial charge >= 0.3 is 0 Å². The van der Waals surface area contributed by atoms with Gasteiger partial charge in [-0.3, -0.25) is 9.52 Å². The second-order valence-electron chi connectivity index (χ2n) is 5.92. The van der Waals surface area contributed by atoms with E-state index in [0.717, 1.165) is 6.42 Å². The van der Waals surface area contributed by atoms with Gasteiger partial charge in [0, 0.05) is 11.6 Å². The lowest BCUT2D eigenvalue weighted by Crippen LogP contribution is -2.39. The lowest BCUT2D eigenvalue weighted by molar-refractivity contribution is -0.121. The molecule has 0 aromatic heterocycles. The van der Waals surface area contributed by atoms with Crippen LogP contribution in [0.5, 0.6) is 11.5 Å². The van der Waals surface area contributed by atoms with Crippen molar-refractivity contribution >= 4 is 38.9 Å². The third-order valence-electron chi connectivity index (χ3n) is 4.02. The average Bonchev–Trinajstić information content (AvgIpc) is 2.64. The number of hydrogen-bond donors (Lipinski definition) is 1. The number of nitrogens with one attached hydrogen (secondary N) is 1. The van der Waals surface area contributed by atoms with Crippen LogP contribution in [0, 0.1) is 0 Å². The molecule has 144 valence electrons. The molecule has 9 heteroatoms. The number of carbonyl (C=O) groups is 1. The summed E-state index contributed by atoms with van der Waals surface area (Å²) in [6.07, 6.45) is 0.765. The first-order valence-electron chi connectivity index (χ1n) is 8.29. The summed E-state index contributed by atoms with van der Waals surface area (Å²) in [6.45, 7) is 2.45. The third-order valence-corrected chi connectivity index (χ3v) is 5.65. The predicted octanol–water partition coefficient (Wildman–Crippen LogP) is 3.28. The van der Waals surface area contributed by atoms with E-state index in [2.05, 4.69) is 4.72 Å². The van der Waals surface area contributed by atoms with Crippen LogP contribution < -0.4 is 19.1 Å². The standard InChI is InChI=1S/C18H19ClN2O5S/c1-3-8-21-14-10-13(5-7-15(14)26-11-18(21)22)20-27(23,24)17-9-12(19)4-6-16(17)25-2/h4-7,9-10,20H,3,8,11H2,1-2H3. The van der Waals surface area contributed by atoms with Gasteiger partial charge in [-0.05, 0) is 42.8 Å². The Morgan fingerprint density at radius 3 is 2.74 bits per heavy atom. The SMILES string of the molecule is CCCN1C(=O)COc2ccc(NS(=O)(=O)c3cc(Cl)ccc3OC)cc21. The highest BCUT2D eigenvalue weighted by Crippen LogP contribution is 2.36. The molecule has 0 bridgehead atoms. The maximum atomic E-state index is 12.8.